The van der Waals surface area contributed by atoms with Crippen molar-refractivity contribution in [1.82, 2.24) is 25.4 Å². The second-order valence-electron chi connectivity index (χ2n) is 18.7. The van der Waals surface area contributed by atoms with Gasteiger partial charge < -0.3 is 45.7 Å². The summed E-state index contributed by atoms with van der Waals surface area (Å²) in [7, 11) is -1.57. The molecular formula is C45H66F2N6O8Si. The number of nitrogens with two attached hydrogens (primary N) is 1. The molecule has 0 saturated heterocycles. The molecule has 2 aromatic carbocycles. The van der Waals surface area contributed by atoms with Crippen molar-refractivity contribution in [1.29, 1.82) is 0 Å². The third kappa shape index (κ3) is 17.0. The van der Waals surface area contributed by atoms with Gasteiger partial charge in [0.05, 0.1) is 18.7 Å². The fourth-order valence-corrected chi connectivity index (χ4v) is 7.54. The van der Waals surface area contributed by atoms with Crippen molar-refractivity contribution in [3.8, 4) is 11.1 Å². The molecule has 0 aliphatic rings. The second-order valence-corrected chi connectivity index (χ2v) is 24.3. The van der Waals surface area contributed by atoms with Crippen LogP contribution < -0.4 is 21.7 Å². The Morgan fingerprint density at radius 3 is 2.19 bits per heavy atom. The fraction of sp³-hybridized carbons (Fsp3) is 0.533. The number of amides is 4. The number of benzene rings is 2. The Morgan fingerprint density at radius 2 is 1.60 bits per heavy atom. The maximum atomic E-state index is 15.2. The van der Waals surface area contributed by atoms with Crippen LogP contribution in [0.25, 0.3) is 11.1 Å². The van der Waals surface area contributed by atoms with Crippen LogP contribution in [0.5, 0.6) is 0 Å². The van der Waals surface area contributed by atoms with Crippen molar-refractivity contribution in [2.75, 3.05) is 32.8 Å². The quantitative estimate of drug-likeness (QED) is 0.0465. The highest BCUT2D eigenvalue weighted by molar-refractivity contribution is 6.76. The Hall–Kier alpha value is -5.13. The summed E-state index contributed by atoms with van der Waals surface area (Å²) in [5.41, 5.74) is 6.00. The number of nitrogens with one attached hydrogen (secondary N) is 3. The van der Waals surface area contributed by atoms with E-state index in [1.54, 1.807) is 33.0 Å². The lowest BCUT2D eigenvalue weighted by Crippen LogP contribution is -2.52. The number of nitrogens with zero attached hydrogens (tertiary/aromatic N) is 2. The van der Waals surface area contributed by atoms with Gasteiger partial charge >= 0.3 is 12.1 Å². The van der Waals surface area contributed by atoms with Crippen LogP contribution in [-0.2, 0) is 35.2 Å². The molecule has 0 spiro atoms. The Kier molecular flexibility index (Phi) is 18.8. The number of aromatic nitrogens is 1. The smallest absolute Gasteiger partial charge is 0.407 e. The normalized spacial score (nSPS) is 13.4. The molecule has 3 aromatic rings. The highest BCUT2D eigenvalue weighted by Crippen LogP contribution is 2.41. The number of esters is 1. The minimum Gasteiger partial charge on any atom is -0.460 e. The van der Waals surface area contributed by atoms with E-state index in [0.717, 1.165) is 23.8 Å². The lowest BCUT2D eigenvalue weighted by Gasteiger charge is -2.41. The number of carbonyl (C=O) groups is 5. The first-order valence-corrected chi connectivity index (χ1v) is 24.6. The molecule has 62 heavy (non-hydrogen) atoms. The van der Waals surface area contributed by atoms with E-state index >= 15 is 4.39 Å². The molecule has 4 amide bonds. The highest BCUT2D eigenvalue weighted by atomic mass is 28.3. The first-order valence-electron chi connectivity index (χ1n) is 20.9. The molecular weight excluding hydrogens is 819 g/mol. The zero-order valence-electron chi connectivity index (χ0n) is 37.6. The number of hydrogen-bond acceptors (Lipinski definition) is 9. The minimum absolute atomic E-state index is 0.00573. The Labute approximate surface area is 365 Å². The van der Waals surface area contributed by atoms with Crippen LogP contribution in [-0.4, -0.2) is 103 Å². The number of halogens is 2. The molecule has 0 fully saturated rings. The largest absolute Gasteiger partial charge is 0.460 e. The van der Waals surface area contributed by atoms with Crippen molar-refractivity contribution in [3.05, 3.63) is 83.7 Å². The van der Waals surface area contributed by atoms with E-state index in [4.69, 9.17) is 15.2 Å². The molecule has 6 N–H and O–H groups in total. The number of aliphatic hydroxyl groups is 1. The van der Waals surface area contributed by atoms with Crippen molar-refractivity contribution in [3.63, 3.8) is 0 Å². The van der Waals surface area contributed by atoms with Crippen molar-refractivity contribution in [2.24, 2.45) is 11.1 Å². The third-order valence-corrected chi connectivity index (χ3v) is 11.5. The molecule has 17 heteroatoms. The van der Waals surface area contributed by atoms with Crippen LogP contribution in [0, 0.1) is 17.0 Å². The molecule has 1 aromatic heterocycles. The molecule has 0 aliphatic heterocycles. The van der Waals surface area contributed by atoms with Crippen LogP contribution in [0.1, 0.15) is 78.1 Å². The first-order chi connectivity index (χ1) is 28.9. The van der Waals surface area contributed by atoms with E-state index in [0.29, 0.717) is 23.8 Å². The van der Waals surface area contributed by atoms with Gasteiger partial charge in [-0.25, -0.2) is 13.6 Å². The Balaban J connectivity index is 1.94. The molecule has 0 aliphatic carbocycles. The average Bonchev–Trinajstić information content (AvgIpc) is 3.56. The van der Waals surface area contributed by atoms with E-state index in [2.05, 4.69) is 35.6 Å². The Bertz CT molecular complexity index is 1980. The standard InChI is InChI=1S/C45H66F2N6O8Si/c1-44(2,3)40(37-25-31(33-26-32(46)15-16-34(33)47)28-52(37)27-30-13-11-10-12-14-30)53(38(55)29-54)22-19-36(51-43(59)60-23-24-62(7,8)9)42(58)50-21-20-49-35(41(48)57)17-18-39(56)61-45(4,5)6/h10-16,25-26,28,35-36,40,49,54H,17-24,27,29H2,1-9H3,(H2,48,57)(H,50,58)(H,51,59). The molecule has 342 valence electrons. The maximum Gasteiger partial charge on any atom is 0.407 e. The van der Waals surface area contributed by atoms with Crippen LogP contribution in [0.3, 0.4) is 0 Å². The van der Waals surface area contributed by atoms with Gasteiger partial charge in [-0.05, 0) is 74.9 Å². The van der Waals surface area contributed by atoms with E-state index < -0.39 is 85.2 Å². The zero-order valence-corrected chi connectivity index (χ0v) is 38.6. The predicted molar refractivity (Wildman–Crippen MR) is 236 cm³/mol. The van der Waals surface area contributed by atoms with Gasteiger partial charge in [-0.1, -0.05) is 70.7 Å². The summed E-state index contributed by atoms with van der Waals surface area (Å²) in [6.45, 7) is 16.8. The second kappa shape index (κ2) is 22.8. The summed E-state index contributed by atoms with van der Waals surface area (Å²) in [4.78, 5) is 66.6. The Morgan fingerprint density at radius 1 is 0.919 bits per heavy atom. The summed E-state index contributed by atoms with van der Waals surface area (Å²) in [6, 6.07) is 12.1. The molecule has 3 unspecified atom stereocenters. The number of rotatable bonds is 22. The molecule has 0 radical (unpaired) electrons. The molecule has 14 nitrogen and oxygen atoms in total. The van der Waals surface area contributed by atoms with Crippen molar-refractivity contribution in [2.45, 2.75) is 117 Å². The van der Waals surface area contributed by atoms with Gasteiger partial charge in [-0.15, -0.1) is 0 Å². The highest BCUT2D eigenvalue weighted by Gasteiger charge is 2.38. The molecule has 0 bridgehead atoms. The van der Waals surface area contributed by atoms with E-state index in [1.807, 2.05) is 55.7 Å². The zero-order chi connectivity index (χ0) is 46.4. The molecule has 0 saturated carbocycles. The van der Waals surface area contributed by atoms with Crippen LogP contribution in [0.2, 0.25) is 25.7 Å². The number of alkyl carbamates (subject to hydrolysis) is 1. The number of carbonyl (C=O) groups excluding carboxylic acids is 5. The topological polar surface area (TPSA) is 194 Å². The van der Waals surface area contributed by atoms with Crippen LogP contribution in [0.4, 0.5) is 13.6 Å². The molecule has 3 atom stereocenters. The van der Waals surface area contributed by atoms with Gasteiger partial charge in [0.1, 0.15) is 29.9 Å². The molecule has 1 heterocycles. The summed E-state index contributed by atoms with van der Waals surface area (Å²) < 4.78 is 42.3. The lowest BCUT2D eigenvalue weighted by molar-refractivity contribution is -0.155. The van der Waals surface area contributed by atoms with Gasteiger partial charge in [0.15, 0.2) is 0 Å². The van der Waals surface area contributed by atoms with Gasteiger partial charge in [0.2, 0.25) is 17.7 Å². The van der Waals surface area contributed by atoms with Gasteiger partial charge in [0.25, 0.3) is 0 Å². The van der Waals surface area contributed by atoms with E-state index in [1.165, 1.54) is 4.90 Å². The van der Waals surface area contributed by atoms with Crippen molar-refractivity contribution < 1.29 is 47.3 Å². The monoisotopic (exact) mass is 884 g/mol. The average molecular weight is 885 g/mol. The van der Waals surface area contributed by atoms with Gasteiger partial charge in [-0.3, -0.25) is 19.2 Å². The molecule has 3 rings (SSSR count). The summed E-state index contributed by atoms with van der Waals surface area (Å²) in [5.74, 6) is -3.72. The van der Waals surface area contributed by atoms with E-state index in [9.17, 15) is 33.5 Å². The number of aliphatic hydroxyl groups excluding tert-OH is 1. The first kappa shape index (κ1) is 51.2. The predicted octanol–water partition coefficient (Wildman–Crippen LogP) is 5.89. The minimum atomic E-state index is -1.57. The van der Waals surface area contributed by atoms with Crippen LogP contribution >= 0.6 is 0 Å². The maximum absolute atomic E-state index is 15.2. The number of hydrogen-bond donors (Lipinski definition) is 5. The van der Waals surface area contributed by atoms with E-state index in [-0.39, 0.29) is 51.1 Å². The van der Waals surface area contributed by atoms with Crippen molar-refractivity contribution >= 4 is 37.9 Å². The number of ether oxygens (including phenoxy) is 2. The number of primary amides is 1. The van der Waals surface area contributed by atoms with Gasteiger partial charge in [-0.2, -0.15) is 0 Å². The lowest BCUT2D eigenvalue weighted by atomic mass is 9.82. The summed E-state index contributed by atoms with van der Waals surface area (Å²) >= 11 is 0. The van der Waals surface area contributed by atoms with Gasteiger partial charge in [0, 0.05) is 63.7 Å². The third-order valence-electron chi connectivity index (χ3n) is 9.80. The SMILES string of the molecule is CC(C)(C)OC(=O)CCC(NCCNC(=O)C(CCN(C(=O)CO)C(c1cc(-c2cc(F)ccc2F)cn1Cc1ccccc1)C(C)(C)C)NC(=O)OCC[Si](C)(C)C)C(N)=O. The summed E-state index contributed by atoms with van der Waals surface area (Å²) in [5, 5.41) is 18.7. The fourth-order valence-electron chi connectivity index (χ4n) is 6.83. The summed E-state index contributed by atoms with van der Waals surface area (Å²) in [6.07, 6.45) is 0.759. The van der Waals surface area contributed by atoms with Crippen LogP contribution in [0.15, 0.2) is 60.8 Å².